The molecule has 0 amide bonds. The molecule has 0 spiro atoms. The van der Waals surface area contributed by atoms with Crippen LogP contribution >= 0.6 is 0 Å². The molecule has 0 fully saturated rings. The van der Waals surface area contributed by atoms with Gasteiger partial charge in [0.1, 0.15) is 5.82 Å². The van der Waals surface area contributed by atoms with Crippen LogP contribution < -0.4 is 10.1 Å². The molecule has 0 saturated carbocycles. The van der Waals surface area contributed by atoms with Crippen molar-refractivity contribution in [3.8, 4) is 11.6 Å². The van der Waals surface area contributed by atoms with Crippen LogP contribution in [0.25, 0.3) is 0 Å². The van der Waals surface area contributed by atoms with Gasteiger partial charge in [-0.15, -0.1) is 0 Å². The third-order valence-corrected chi connectivity index (χ3v) is 2.96. The van der Waals surface area contributed by atoms with Crippen molar-refractivity contribution < 1.29 is 13.5 Å². The van der Waals surface area contributed by atoms with E-state index >= 15 is 0 Å². The molecule has 0 radical (unpaired) electrons. The molecule has 0 saturated heterocycles. The first-order chi connectivity index (χ1) is 9.99. The van der Waals surface area contributed by atoms with E-state index in [-0.39, 0.29) is 17.5 Å². The van der Waals surface area contributed by atoms with Crippen molar-refractivity contribution in [3.05, 3.63) is 53.2 Å². The molecule has 1 N–H and O–H groups in total. The van der Waals surface area contributed by atoms with Gasteiger partial charge in [-0.1, -0.05) is 13.8 Å². The summed E-state index contributed by atoms with van der Waals surface area (Å²) in [6, 6.07) is 6.78. The Morgan fingerprint density at radius 1 is 1.19 bits per heavy atom. The largest absolute Gasteiger partial charge is 0.436 e. The molecule has 0 aliphatic heterocycles. The summed E-state index contributed by atoms with van der Waals surface area (Å²) in [5.74, 6) is -0.874. The van der Waals surface area contributed by atoms with E-state index in [4.69, 9.17) is 4.74 Å². The second-order valence-electron chi connectivity index (χ2n) is 5.10. The Morgan fingerprint density at radius 2 is 1.95 bits per heavy atom. The van der Waals surface area contributed by atoms with Crippen molar-refractivity contribution in [2.24, 2.45) is 0 Å². The highest BCUT2D eigenvalue weighted by atomic mass is 19.1. The van der Waals surface area contributed by atoms with Gasteiger partial charge in [-0.05, 0) is 36.7 Å². The summed E-state index contributed by atoms with van der Waals surface area (Å²) in [6.45, 7) is 4.67. The van der Waals surface area contributed by atoms with Gasteiger partial charge >= 0.3 is 0 Å². The summed E-state index contributed by atoms with van der Waals surface area (Å²) >= 11 is 0. The van der Waals surface area contributed by atoms with Crippen molar-refractivity contribution >= 4 is 0 Å². The fourth-order valence-corrected chi connectivity index (χ4v) is 1.90. The van der Waals surface area contributed by atoms with Crippen LogP contribution in [0, 0.1) is 11.6 Å². The zero-order valence-corrected chi connectivity index (χ0v) is 12.3. The van der Waals surface area contributed by atoms with Crippen LogP contribution in [0.15, 0.2) is 30.3 Å². The predicted molar refractivity (Wildman–Crippen MR) is 77.5 cm³/mol. The van der Waals surface area contributed by atoms with Gasteiger partial charge < -0.3 is 10.1 Å². The highest BCUT2D eigenvalue weighted by Crippen LogP contribution is 2.26. The molecule has 1 aromatic heterocycles. The number of aromatic nitrogens is 1. The summed E-state index contributed by atoms with van der Waals surface area (Å²) in [5, 5.41) is 3.04. The Morgan fingerprint density at radius 3 is 2.62 bits per heavy atom. The van der Waals surface area contributed by atoms with E-state index in [2.05, 4.69) is 10.3 Å². The fourth-order valence-electron chi connectivity index (χ4n) is 1.90. The van der Waals surface area contributed by atoms with Gasteiger partial charge in [0.05, 0.1) is 0 Å². The number of pyridine rings is 1. The van der Waals surface area contributed by atoms with E-state index in [1.165, 1.54) is 0 Å². The minimum Gasteiger partial charge on any atom is -0.436 e. The van der Waals surface area contributed by atoms with Crippen LogP contribution in [0.1, 0.15) is 31.0 Å². The first kappa shape index (κ1) is 15.4. The predicted octanol–water partition coefficient (Wildman–Crippen LogP) is 3.99. The molecule has 2 rings (SSSR count). The molecule has 3 nitrogen and oxygen atoms in total. The maximum absolute atomic E-state index is 13.6. The van der Waals surface area contributed by atoms with E-state index in [1.807, 2.05) is 27.0 Å². The van der Waals surface area contributed by atoms with Gasteiger partial charge in [-0.25, -0.2) is 13.8 Å². The van der Waals surface area contributed by atoms with E-state index in [0.29, 0.717) is 6.54 Å². The average molecular weight is 292 g/mol. The van der Waals surface area contributed by atoms with Crippen molar-refractivity contribution in [2.45, 2.75) is 26.3 Å². The monoisotopic (exact) mass is 292 g/mol. The molecule has 21 heavy (non-hydrogen) atoms. The molecule has 0 atom stereocenters. The molecule has 112 valence electrons. The first-order valence-electron chi connectivity index (χ1n) is 6.78. The lowest BCUT2D eigenvalue weighted by molar-refractivity contribution is 0.419. The topological polar surface area (TPSA) is 34.1 Å². The number of benzene rings is 1. The van der Waals surface area contributed by atoms with Crippen molar-refractivity contribution in [1.29, 1.82) is 0 Å². The highest BCUT2D eigenvalue weighted by Gasteiger charge is 2.11. The van der Waals surface area contributed by atoms with E-state index in [0.717, 1.165) is 29.5 Å². The molecule has 1 heterocycles. The highest BCUT2D eigenvalue weighted by molar-refractivity contribution is 5.32. The Balaban J connectivity index is 2.36. The minimum absolute atomic E-state index is 0.168. The Bertz CT molecular complexity index is 630. The van der Waals surface area contributed by atoms with E-state index in [1.54, 1.807) is 6.07 Å². The quantitative estimate of drug-likeness (QED) is 0.904. The average Bonchev–Trinajstić information content (AvgIpc) is 2.43. The number of hydrogen-bond acceptors (Lipinski definition) is 3. The summed E-state index contributed by atoms with van der Waals surface area (Å²) in [4.78, 5) is 4.34. The van der Waals surface area contributed by atoms with Crippen LogP contribution in [0.4, 0.5) is 8.78 Å². The van der Waals surface area contributed by atoms with Crippen molar-refractivity contribution in [2.75, 3.05) is 7.05 Å². The molecule has 0 aliphatic rings. The van der Waals surface area contributed by atoms with Crippen LogP contribution in [0.2, 0.25) is 0 Å². The zero-order chi connectivity index (χ0) is 15.4. The number of halogens is 2. The molecular formula is C16H18F2N2O. The zero-order valence-electron chi connectivity index (χ0n) is 12.3. The first-order valence-corrected chi connectivity index (χ1v) is 6.78. The molecule has 0 bridgehead atoms. The maximum atomic E-state index is 13.6. The Hall–Kier alpha value is -2.01. The third kappa shape index (κ3) is 3.98. The lowest BCUT2D eigenvalue weighted by atomic mass is 10.1. The lowest BCUT2D eigenvalue weighted by Gasteiger charge is -2.12. The molecule has 5 heteroatoms. The Kier molecular flexibility index (Phi) is 4.85. The number of hydrogen-bond donors (Lipinski definition) is 1. The normalized spacial score (nSPS) is 11.0. The van der Waals surface area contributed by atoms with Gasteiger partial charge in [0.15, 0.2) is 11.6 Å². The number of nitrogens with one attached hydrogen (secondary N) is 1. The summed E-state index contributed by atoms with van der Waals surface area (Å²) in [5.41, 5.74) is 1.82. The second-order valence-corrected chi connectivity index (χ2v) is 5.10. The summed E-state index contributed by atoms with van der Waals surface area (Å²) in [6.07, 6.45) is 0. The number of ether oxygens (including phenoxy) is 1. The fraction of sp³-hybridized carbons (Fsp3) is 0.312. The second kappa shape index (κ2) is 6.63. The van der Waals surface area contributed by atoms with E-state index < -0.39 is 11.6 Å². The molecule has 0 unspecified atom stereocenters. The minimum atomic E-state index is -0.622. The molecular weight excluding hydrogens is 274 g/mol. The number of rotatable bonds is 5. The summed E-state index contributed by atoms with van der Waals surface area (Å²) in [7, 11) is 1.84. The third-order valence-electron chi connectivity index (χ3n) is 2.96. The van der Waals surface area contributed by atoms with Crippen LogP contribution in [0.5, 0.6) is 11.6 Å². The van der Waals surface area contributed by atoms with Gasteiger partial charge in [-0.3, -0.25) is 0 Å². The van der Waals surface area contributed by atoms with Gasteiger partial charge in [0.2, 0.25) is 5.88 Å². The molecule has 1 aromatic carbocycles. The van der Waals surface area contributed by atoms with Crippen molar-refractivity contribution in [1.82, 2.24) is 10.3 Å². The smallest absolute Gasteiger partial charge is 0.219 e. The van der Waals surface area contributed by atoms with Crippen molar-refractivity contribution in [3.63, 3.8) is 0 Å². The van der Waals surface area contributed by atoms with Crippen LogP contribution in [-0.2, 0) is 6.54 Å². The molecule has 0 aliphatic carbocycles. The SMILES string of the molecule is CNCc1cc(Oc2cc(F)ccc2F)nc(C(C)C)c1. The van der Waals surface area contributed by atoms with Gasteiger partial charge in [-0.2, -0.15) is 0 Å². The molecule has 2 aromatic rings. The Labute approximate surface area is 123 Å². The van der Waals surface area contributed by atoms with Crippen LogP contribution in [-0.4, -0.2) is 12.0 Å². The van der Waals surface area contributed by atoms with E-state index in [9.17, 15) is 8.78 Å². The summed E-state index contributed by atoms with van der Waals surface area (Å²) < 4.78 is 32.2. The maximum Gasteiger partial charge on any atom is 0.219 e. The van der Waals surface area contributed by atoms with Gasteiger partial charge in [0, 0.05) is 24.4 Å². The lowest BCUT2D eigenvalue weighted by Crippen LogP contribution is -2.07. The number of nitrogens with zero attached hydrogens (tertiary/aromatic N) is 1. The standard InChI is InChI=1S/C16H18F2N2O/c1-10(2)14-6-11(9-19-3)7-16(20-14)21-15-8-12(17)4-5-13(15)18/h4-8,10,19H,9H2,1-3H3. The van der Waals surface area contributed by atoms with Gasteiger partial charge in [0.25, 0.3) is 0 Å². The van der Waals surface area contributed by atoms with Crippen LogP contribution in [0.3, 0.4) is 0 Å².